The molecule has 1 aliphatic rings. The second-order valence-electron chi connectivity index (χ2n) is 6.79. The van der Waals surface area contributed by atoms with Crippen molar-refractivity contribution < 1.29 is 17.6 Å². The third kappa shape index (κ3) is 4.37. The highest BCUT2D eigenvalue weighted by atomic mass is 19.4. The van der Waals surface area contributed by atoms with Gasteiger partial charge in [0.2, 0.25) is 0 Å². The summed E-state index contributed by atoms with van der Waals surface area (Å²) in [6.07, 6.45) is -4.38. The van der Waals surface area contributed by atoms with Gasteiger partial charge in [-0.15, -0.1) is 5.10 Å². The van der Waals surface area contributed by atoms with Crippen LogP contribution in [0.4, 0.5) is 23.2 Å². The quantitative estimate of drug-likeness (QED) is 0.623. The Morgan fingerprint density at radius 1 is 0.828 bits per heavy atom. The molecule has 0 aliphatic carbocycles. The van der Waals surface area contributed by atoms with E-state index in [1.807, 2.05) is 0 Å². The van der Waals surface area contributed by atoms with Crippen molar-refractivity contribution in [1.82, 2.24) is 25.1 Å². The molecular formula is C19H18F4N6. The first-order chi connectivity index (χ1) is 13.9. The smallest absolute Gasteiger partial charge is 0.369 e. The molecule has 10 heteroatoms. The predicted octanol–water partition coefficient (Wildman–Crippen LogP) is 3.14. The van der Waals surface area contributed by atoms with Crippen molar-refractivity contribution in [3.63, 3.8) is 0 Å². The van der Waals surface area contributed by atoms with Crippen molar-refractivity contribution in [2.24, 2.45) is 0 Å². The minimum absolute atomic E-state index is 0.262. The lowest BCUT2D eigenvalue weighted by atomic mass is 10.2. The van der Waals surface area contributed by atoms with Gasteiger partial charge in [0.1, 0.15) is 5.82 Å². The zero-order chi connectivity index (χ0) is 20.4. The van der Waals surface area contributed by atoms with E-state index in [4.69, 9.17) is 0 Å². The minimum Gasteiger partial charge on any atom is -0.369 e. The molecule has 0 radical (unpaired) electrons. The highest BCUT2D eigenvalue weighted by Gasteiger charge is 2.30. The number of piperazine rings is 1. The van der Waals surface area contributed by atoms with E-state index in [0.29, 0.717) is 18.1 Å². The topological polar surface area (TPSA) is 50.1 Å². The van der Waals surface area contributed by atoms with Gasteiger partial charge < -0.3 is 4.90 Å². The zero-order valence-electron chi connectivity index (χ0n) is 15.3. The molecular weight excluding hydrogens is 388 g/mol. The van der Waals surface area contributed by atoms with Gasteiger partial charge in [-0.1, -0.05) is 0 Å². The number of hydrogen-bond acceptors (Lipinski definition) is 5. The number of hydrogen-bond donors (Lipinski definition) is 0. The van der Waals surface area contributed by atoms with E-state index in [0.717, 1.165) is 44.0 Å². The molecule has 2 aromatic carbocycles. The van der Waals surface area contributed by atoms with Crippen LogP contribution in [0.5, 0.6) is 0 Å². The summed E-state index contributed by atoms with van der Waals surface area (Å²) in [5.41, 5.74) is 0.733. The van der Waals surface area contributed by atoms with Gasteiger partial charge in [-0.2, -0.15) is 17.9 Å². The number of benzene rings is 2. The van der Waals surface area contributed by atoms with Crippen LogP contribution in [0.1, 0.15) is 11.4 Å². The molecule has 1 aliphatic heterocycles. The molecule has 1 aromatic heterocycles. The van der Waals surface area contributed by atoms with Crippen molar-refractivity contribution in [2.45, 2.75) is 12.7 Å². The number of nitrogens with zero attached hydrogens (tertiary/aromatic N) is 6. The summed E-state index contributed by atoms with van der Waals surface area (Å²) < 4.78 is 52.8. The Balaban J connectivity index is 1.40. The van der Waals surface area contributed by atoms with Crippen molar-refractivity contribution in [3.05, 3.63) is 65.7 Å². The third-order valence-corrected chi connectivity index (χ3v) is 4.90. The molecule has 0 bridgehead atoms. The van der Waals surface area contributed by atoms with Crippen LogP contribution < -0.4 is 4.90 Å². The van der Waals surface area contributed by atoms with Crippen molar-refractivity contribution in [2.75, 3.05) is 31.1 Å². The Morgan fingerprint density at radius 3 is 2.07 bits per heavy atom. The van der Waals surface area contributed by atoms with Gasteiger partial charge in [0.25, 0.3) is 0 Å². The van der Waals surface area contributed by atoms with Crippen LogP contribution in [0.3, 0.4) is 0 Å². The number of halogens is 4. The van der Waals surface area contributed by atoms with Gasteiger partial charge in [-0.05, 0) is 59.0 Å². The number of rotatable bonds is 4. The molecule has 0 N–H and O–H groups in total. The Bertz CT molecular complexity index is 944. The van der Waals surface area contributed by atoms with E-state index >= 15 is 0 Å². The number of anilines is 1. The second-order valence-corrected chi connectivity index (χ2v) is 6.79. The minimum atomic E-state index is -4.38. The molecule has 6 nitrogen and oxygen atoms in total. The molecule has 0 unspecified atom stereocenters. The predicted molar refractivity (Wildman–Crippen MR) is 98.0 cm³/mol. The maximum absolute atomic E-state index is 13.1. The standard InChI is InChI=1S/C19H18F4N6/c20-15-3-7-16(8-4-15)28-11-9-27(10-12-28)13-18-24-25-26-29(18)17-5-1-14(2-6-17)19(21,22)23/h1-8H,9-13H2. The maximum atomic E-state index is 13.1. The van der Waals surface area contributed by atoms with E-state index in [-0.39, 0.29) is 5.82 Å². The molecule has 0 spiro atoms. The third-order valence-electron chi connectivity index (χ3n) is 4.90. The molecule has 29 heavy (non-hydrogen) atoms. The highest BCUT2D eigenvalue weighted by Crippen LogP contribution is 2.29. The van der Waals surface area contributed by atoms with Gasteiger partial charge in [0.15, 0.2) is 5.82 Å². The Kier molecular flexibility index (Phi) is 5.18. The number of aromatic nitrogens is 4. The zero-order valence-corrected chi connectivity index (χ0v) is 15.3. The van der Waals surface area contributed by atoms with Crippen LogP contribution in [0.25, 0.3) is 5.69 Å². The van der Waals surface area contributed by atoms with Crippen LogP contribution in [-0.2, 0) is 12.7 Å². The van der Waals surface area contributed by atoms with Crippen molar-refractivity contribution in [3.8, 4) is 5.69 Å². The van der Waals surface area contributed by atoms with E-state index < -0.39 is 11.7 Å². The van der Waals surface area contributed by atoms with Crippen LogP contribution in [0.2, 0.25) is 0 Å². The van der Waals surface area contributed by atoms with Gasteiger partial charge in [0, 0.05) is 31.9 Å². The Morgan fingerprint density at radius 2 is 1.45 bits per heavy atom. The van der Waals surface area contributed by atoms with Gasteiger partial charge in [-0.3, -0.25) is 4.90 Å². The molecule has 4 rings (SSSR count). The first-order valence-electron chi connectivity index (χ1n) is 9.08. The first-order valence-corrected chi connectivity index (χ1v) is 9.08. The Hall–Kier alpha value is -3.01. The van der Waals surface area contributed by atoms with Crippen molar-refractivity contribution in [1.29, 1.82) is 0 Å². The van der Waals surface area contributed by atoms with Crippen LogP contribution in [0.15, 0.2) is 48.5 Å². The highest BCUT2D eigenvalue weighted by molar-refractivity contribution is 5.46. The van der Waals surface area contributed by atoms with E-state index in [1.165, 1.54) is 28.9 Å². The van der Waals surface area contributed by atoms with E-state index in [9.17, 15) is 17.6 Å². The van der Waals surface area contributed by atoms with Crippen molar-refractivity contribution >= 4 is 5.69 Å². The summed E-state index contributed by atoms with van der Waals surface area (Å²) in [4.78, 5) is 4.35. The largest absolute Gasteiger partial charge is 0.416 e. The van der Waals surface area contributed by atoms with Crippen LogP contribution in [0, 0.1) is 5.82 Å². The summed E-state index contributed by atoms with van der Waals surface area (Å²) >= 11 is 0. The monoisotopic (exact) mass is 406 g/mol. The molecule has 152 valence electrons. The molecule has 0 saturated carbocycles. The molecule has 1 fully saturated rings. The van der Waals surface area contributed by atoms with E-state index in [2.05, 4.69) is 25.3 Å². The summed E-state index contributed by atoms with van der Waals surface area (Å²) in [6, 6.07) is 11.2. The fourth-order valence-corrected chi connectivity index (χ4v) is 3.31. The molecule has 0 amide bonds. The SMILES string of the molecule is Fc1ccc(N2CCN(Cc3nnnn3-c3ccc(C(F)(F)F)cc3)CC2)cc1. The molecule has 3 aromatic rings. The van der Waals surface area contributed by atoms with Crippen LogP contribution >= 0.6 is 0 Å². The second kappa shape index (κ2) is 7.78. The summed E-state index contributed by atoms with van der Waals surface area (Å²) in [7, 11) is 0. The van der Waals surface area contributed by atoms with Gasteiger partial charge in [-0.25, -0.2) is 4.39 Å². The lowest BCUT2D eigenvalue weighted by Crippen LogP contribution is -2.46. The normalized spacial score (nSPS) is 15.7. The lowest BCUT2D eigenvalue weighted by molar-refractivity contribution is -0.137. The fraction of sp³-hybridized carbons (Fsp3) is 0.316. The van der Waals surface area contributed by atoms with Crippen LogP contribution in [-0.4, -0.2) is 51.3 Å². The summed E-state index contributed by atoms with van der Waals surface area (Å²) in [6.45, 7) is 3.54. The number of tetrazole rings is 1. The molecule has 1 saturated heterocycles. The fourth-order valence-electron chi connectivity index (χ4n) is 3.31. The Labute approximate surface area is 164 Å². The van der Waals surface area contributed by atoms with Gasteiger partial charge >= 0.3 is 6.18 Å². The van der Waals surface area contributed by atoms with E-state index in [1.54, 1.807) is 12.1 Å². The summed E-state index contributed by atoms with van der Waals surface area (Å²) in [5, 5.41) is 11.6. The molecule has 0 atom stereocenters. The molecule has 2 heterocycles. The average molecular weight is 406 g/mol. The lowest BCUT2D eigenvalue weighted by Gasteiger charge is -2.35. The summed E-state index contributed by atoms with van der Waals surface area (Å²) in [5.74, 6) is 0.294. The number of alkyl halides is 3. The average Bonchev–Trinajstić information content (AvgIpc) is 3.17. The first kappa shape index (κ1) is 19.3. The van der Waals surface area contributed by atoms with Gasteiger partial charge in [0.05, 0.1) is 17.8 Å². The maximum Gasteiger partial charge on any atom is 0.416 e.